The number of hydrogen-bond acceptors (Lipinski definition) is 5. The summed E-state index contributed by atoms with van der Waals surface area (Å²) in [4.78, 5) is 15.0. The minimum atomic E-state index is -1.06. The molecule has 2 aromatic rings. The van der Waals surface area contributed by atoms with Gasteiger partial charge in [0.25, 0.3) is 0 Å². The van der Waals surface area contributed by atoms with Gasteiger partial charge in [0.05, 0.1) is 24.6 Å². The van der Waals surface area contributed by atoms with Gasteiger partial charge in [-0.15, -0.1) is 0 Å². The van der Waals surface area contributed by atoms with E-state index in [4.69, 9.17) is 15.6 Å². The average molecular weight is 259 g/mol. The van der Waals surface area contributed by atoms with Gasteiger partial charge in [0.15, 0.2) is 0 Å². The van der Waals surface area contributed by atoms with Gasteiger partial charge in [-0.05, 0) is 24.3 Å². The van der Waals surface area contributed by atoms with Crippen molar-refractivity contribution in [3.8, 4) is 5.88 Å². The molecule has 0 unspecified atom stereocenters. The van der Waals surface area contributed by atoms with E-state index in [2.05, 4.69) is 10.3 Å². The Balaban J connectivity index is 2.22. The number of hydrogen-bond donors (Lipinski definition) is 3. The summed E-state index contributed by atoms with van der Waals surface area (Å²) in [6, 6.07) is 8.21. The van der Waals surface area contributed by atoms with Gasteiger partial charge < -0.3 is 20.9 Å². The number of methoxy groups -OCH3 is 1. The molecule has 1 aromatic carbocycles. The molecule has 98 valence electrons. The smallest absolute Gasteiger partial charge is 0.337 e. The first kappa shape index (κ1) is 12.7. The molecule has 1 heterocycles. The molecule has 0 amide bonds. The largest absolute Gasteiger partial charge is 0.481 e. The first-order valence-corrected chi connectivity index (χ1v) is 5.50. The van der Waals surface area contributed by atoms with E-state index in [9.17, 15) is 4.79 Å². The maximum Gasteiger partial charge on any atom is 0.337 e. The number of carboxylic acid groups (broad SMARTS) is 1. The number of nitrogen functional groups attached to an aromatic ring is 1. The molecule has 0 saturated heterocycles. The lowest BCUT2D eigenvalue weighted by molar-refractivity contribution is 0.0698. The fraction of sp³-hybridized carbons (Fsp3) is 0.0769. The van der Waals surface area contributed by atoms with Crippen molar-refractivity contribution in [2.45, 2.75) is 0 Å². The fourth-order valence-electron chi connectivity index (χ4n) is 1.56. The van der Waals surface area contributed by atoms with E-state index < -0.39 is 5.97 Å². The summed E-state index contributed by atoms with van der Waals surface area (Å²) in [5.74, 6) is -0.553. The molecule has 0 aliphatic heterocycles. The van der Waals surface area contributed by atoms with E-state index in [0.29, 0.717) is 11.6 Å². The second kappa shape index (κ2) is 5.26. The third-order valence-corrected chi connectivity index (χ3v) is 2.52. The van der Waals surface area contributed by atoms with Crippen LogP contribution >= 0.6 is 0 Å². The first-order chi connectivity index (χ1) is 9.10. The predicted molar refractivity (Wildman–Crippen MR) is 71.9 cm³/mol. The van der Waals surface area contributed by atoms with Crippen LogP contribution in [0.25, 0.3) is 0 Å². The van der Waals surface area contributed by atoms with Gasteiger partial charge in [-0.25, -0.2) is 9.78 Å². The van der Waals surface area contributed by atoms with Crippen molar-refractivity contribution in [2.24, 2.45) is 0 Å². The van der Waals surface area contributed by atoms with E-state index >= 15 is 0 Å². The Labute approximate surface area is 109 Å². The van der Waals surface area contributed by atoms with Gasteiger partial charge in [0, 0.05) is 17.4 Å². The van der Waals surface area contributed by atoms with Crippen molar-refractivity contribution in [1.29, 1.82) is 0 Å². The van der Waals surface area contributed by atoms with Crippen LogP contribution in [0.5, 0.6) is 5.88 Å². The van der Waals surface area contributed by atoms with Crippen molar-refractivity contribution in [1.82, 2.24) is 4.98 Å². The minimum Gasteiger partial charge on any atom is -0.481 e. The van der Waals surface area contributed by atoms with Crippen molar-refractivity contribution in [2.75, 3.05) is 18.2 Å². The number of carbonyl (C=O) groups is 1. The molecule has 1 aromatic heterocycles. The van der Waals surface area contributed by atoms with Gasteiger partial charge in [-0.1, -0.05) is 0 Å². The normalized spacial score (nSPS) is 9.95. The predicted octanol–water partition coefficient (Wildman–Crippen LogP) is 2.11. The highest BCUT2D eigenvalue weighted by molar-refractivity contribution is 5.95. The second-order valence-electron chi connectivity index (χ2n) is 3.82. The molecule has 0 radical (unpaired) electrons. The van der Waals surface area contributed by atoms with E-state index in [1.807, 2.05) is 0 Å². The second-order valence-corrected chi connectivity index (χ2v) is 3.82. The van der Waals surface area contributed by atoms with Crippen LogP contribution in [0.15, 0.2) is 36.5 Å². The number of pyridine rings is 1. The quantitative estimate of drug-likeness (QED) is 0.727. The average Bonchev–Trinajstić information content (AvgIpc) is 2.41. The van der Waals surface area contributed by atoms with E-state index in [1.165, 1.54) is 13.2 Å². The molecule has 0 fully saturated rings. The third kappa shape index (κ3) is 2.92. The highest BCUT2D eigenvalue weighted by atomic mass is 16.5. The van der Waals surface area contributed by atoms with Gasteiger partial charge in [-0.3, -0.25) is 0 Å². The van der Waals surface area contributed by atoms with Gasteiger partial charge in [0.1, 0.15) is 0 Å². The molecular weight excluding hydrogens is 246 g/mol. The van der Waals surface area contributed by atoms with Crippen LogP contribution in [0.3, 0.4) is 0 Å². The van der Waals surface area contributed by atoms with Gasteiger partial charge in [-0.2, -0.15) is 0 Å². The Morgan fingerprint density at radius 1 is 1.32 bits per heavy atom. The van der Waals surface area contributed by atoms with Crippen molar-refractivity contribution >= 4 is 23.0 Å². The Kier molecular flexibility index (Phi) is 3.51. The summed E-state index contributed by atoms with van der Waals surface area (Å²) < 4.78 is 4.95. The van der Waals surface area contributed by atoms with Crippen molar-refractivity contribution < 1.29 is 14.6 Å². The zero-order valence-electron chi connectivity index (χ0n) is 10.3. The summed E-state index contributed by atoms with van der Waals surface area (Å²) in [7, 11) is 1.54. The fourth-order valence-corrected chi connectivity index (χ4v) is 1.56. The summed E-state index contributed by atoms with van der Waals surface area (Å²) in [6.07, 6.45) is 1.59. The molecular formula is C13H13N3O3. The van der Waals surface area contributed by atoms with E-state index in [0.717, 1.165) is 5.69 Å². The molecule has 0 aliphatic rings. The number of anilines is 3. The highest BCUT2D eigenvalue weighted by Crippen LogP contribution is 2.22. The molecule has 0 spiro atoms. The number of benzene rings is 1. The first-order valence-electron chi connectivity index (χ1n) is 5.50. The lowest BCUT2D eigenvalue weighted by Gasteiger charge is -2.08. The third-order valence-electron chi connectivity index (χ3n) is 2.52. The van der Waals surface area contributed by atoms with Crippen LogP contribution < -0.4 is 15.8 Å². The molecule has 4 N–H and O–H groups in total. The number of aromatic carboxylic acids is 1. The molecule has 6 nitrogen and oxygen atoms in total. The van der Waals surface area contributed by atoms with E-state index in [1.54, 1.807) is 30.5 Å². The van der Waals surface area contributed by atoms with Crippen LogP contribution in [0.4, 0.5) is 17.1 Å². The monoisotopic (exact) mass is 259 g/mol. The van der Waals surface area contributed by atoms with Crippen LogP contribution in [0.2, 0.25) is 0 Å². The molecule has 0 bridgehead atoms. The summed E-state index contributed by atoms with van der Waals surface area (Å²) in [6.45, 7) is 0. The SMILES string of the molecule is COc1ccc(Nc2ccc(N)c(C(=O)O)c2)cn1. The highest BCUT2D eigenvalue weighted by Gasteiger charge is 2.08. The minimum absolute atomic E-state index is 0.0615. The standard InChI is InChI=1S/C13H13N3O3/c1-19-12-5-3-9(7-15-12)16-8-2-4-11(14)10(6-8)13(17)18/h2-7,16H,14H2,1H3,(H,17,18). The van der Waals surface area contributed by atoms with Crippen molar-refractivity contribution in [3.05, 3.63) is 42.1 Å². The summed E-state index contributed by atoms with van der Waals surface area (Å²) >= 11 is 0. The van der Waals surface area contributed by atoms with Crippen molar-refractivity contribution in [3.63, 3.8) is 0 Å². The molecule has 2 rings (SSSR count). The number of nitrogens with two attached hydrogens (primary N) is 1. The van der Waals surface area contributed by atoms with Crippen LogP contribution in [0, 0.1) is 0 Å². The zero-order valence-corrected chi connectivity index (χ0v) is 10.3. The number of nitrogens with zero attached hydrogens (tertiary/aromatic N) is 1. The molecule has 0 atom stereocenters. The Morgan fingerprint density at radius 3 is 2.63 bits per heavy atom. The molecule has 0 saturated carbocycles. The van der Waals surface area contributed by atoms with Crippen LogP contribution in [-0.2, 0) is 0 Å². The van der Waals surface area contributed by atoms with Gasteiger partial charge in [0.2, 0.25) is 5.88 Å². The Morgan fingerprint density at radius 2 is 2.05 bits per heavy atom. The number of rotatable bonds is 4. The Bertz CT molecular complexity index is 597. The number of carboxylic acids is 1. The molecule has 6 heteroatoms. The topological polar surface area (TPSA) is 97.5 Å². The maximum atomic E-state index is 11.0. The van der Waals surface area contributed by atoms with Crippen LogP contribution in [0.1, 0.15) is 10.4 Å². The maximum absolute atomic E-state index is 11.0. The van der Waals surface area contributed by atoms with E-state index in [-0.39, 0.29) is 11.3 Å². The number of nitrogens with one attached hydrogen (secondary N) is 1. The van der Waals surface area contributed by atoms with Gasteiger partial charge >= 0.3 is 5.97 Å². The zero-order chi connectivity index (χ0) is 13.8. The summed E-state index contributed by atoms with van der Waals surface area (Å²) in [5, 5.41) is 12.0. The lowest BCUT2D eigenvalue weighted by atomic mass is 10.1. The number of aromatic nitrogens is 1. The summed E-state index contributed by atoms with van der Waals surface area (Å²) in [5.41, 5.74) is 7.22. The van der Waals surface area contributed by atoms with Crippen LogP contribution in [-0.4, -0.2) is 23.2 Å². The Hall–Kier alpha value is -2.76. The molecule has 19 heavy (non-hydrogen) atoms. The molecule has 0 aliphatic carbocycles. The lowest BCUT2D eigenvalue weighted by Crippen LogP contribution is -2.03. The number of ether oxygens (including phenoxy) is 1.